The number of nitrogens with one attached hydrogen (secondary N) is 2. The smallest absolute Gasteiger partial charge is 0.257 e. The highest BCUT2D eigenvalue weighted by atomic mass is 16.5. The van der Waals surface area contributed by atoms with E-state index in [4.69, 9.17) is 9.47 Å². The summed E-state index contributed by atoms with van der Waals surface area (Å²) in [5, 5.41) is 5.90. The zero-order chi connectivity index (χ0) is 21.5. The van der Waals surface area contributed by atoms with Gasteiger partial charge in [0.15, 0.2) is 0 Å². The van der Waals surface area contributed by atoms with Gasteiger partial charge in [0.1, 0.15) is 0 Å². The Morgan fingerprint density at radius 2 is 1.90 bits per heavy atom. The summed E-state index contributed by atoms with van der Waals surface area (Å²) in [7, 11) is 0. The summed E-state index contributed by atoms with van der Waals surface area (Å²) in [6, 6.07) is 10.6. The van der Waals surface area contributed by atoms with E-state index in [1.54, 1.807) is 42.6 Å². The first-order valence-electron chi connectivity index (χ1n) is 10.7. The molecule has 2 amide bonds. The van der Waals surface area contributed by atoms with Crippen LogP contribution in [-0.4, -0.2) is 73.8 Å². The summed E-state index contributed by atoms with van der Waals surface area (Å²) in [6.45, 7) is 5.23. The molecule has 2 aliphatic rings. The summed E-state index contributed by atoms with van der Waals surface area (Å²) in [4.78, 5) is 31.6. The first-order chi connectivity index (χ1) is 15.2. The van der Waals surface area contributed by atoms with Crippen LogP contribution in [0.4, 0.5) is 5.69 Å². The lowest BCUT2D eigenvalue weighted by molar-refractivity contribution is 0.00166. The Kier molecular flexibility index (Phi) is 7.24. The molecule has 1 aromatic heterocycles. The third kappa shape index (κ3) is 5.66. The van der Waals surface area contributed by atoms with Crippen molar-refractivity contribution < 1.29 is 19.1 Å². The van der Waals surface area contributed by atoms with Gasteiger partial charge in [-0.2, -0.15) is 0 Å². The maximum atomic E-state index is 12.8. The number of hydrogen-bond donors (Lipinski definition) is 2. The molecule has 2 atom stereocenters. The van der Waals surface area contributed by atoms with Crippen molar-refractivity contribution in [2.75, 3.05) is 51.4 Å². The molecule has 1 aromatic carbocycles. The van der Waals surface area contributed by atoms with Gasteiger partial charge in [0.05, 0.1) is 25.4 Å². The van der Waals surface area contributed by atoms with Gasteiger partial charge in [0, 0.05) is 61.8 Å². The molecule has 0 saturated carbocycles. The summed E-state index contributed by atoms with van der Waals surface area (Å²) in [5.41, 5.74) is 1.53. The van der Waals surface area contributed by atoms with Gasteiger partial charge in [-0.1, -0.05) is 6.07 Å². The number of morpholine rings is 1. The quantitative estimate of drug-likeness (QED) is 0.704. The zero-order valence-corrected chi connectivity index (χ0v) is 17.5. The van der Waals surface area contributed by atoms with Crippen molar-refractivity contribution in [3.05, 3.63) is 59.9 Å². The van der Waals surface area contributed by atoms with Gasteiger partial charge >= 0.3 is 0 Å². The van der Waals surface area contributed by atoms with Crippen LogP contribution >= 0.6 is 0 Å². The summed E-state index contributed by atoms with van der Waals surface area (Å²) >= 11 is 0. The van der Waals surface area contributed by atoms with Gasteiger partial charge in [-0.25, -0.2) is 0 Å². The topological polar surface area (TPSA) is 92.8 Å². The lowest BCUT2D eigenvalue weighted by atomic mass is 9.96. The number of nitrogens with zero attached hydrogens (tertiary/aromatic N) is 2. The number of carbonyl (C=O) groups excluding carboxylic acids is 2. The second-order valence-corrected chi connectivity index (χ2v) is 7.83. The van der Waals surface area contributed by atoms with E-state index < -0.39 is 0 Å². The Morgan fingerprint density at radius 3 is 2.65 bits per heavy atom. The second kappa shape index (κ2) is 10.5. The average molecular weight is 425 g/mol. The SMILES string of the molecule is O=C(NCC(C1CCOC1)N1CCOCC1)c1cccc(NC(=O)c2cccnc2)c1. The molecule has 164 valence electrons. The van der Waals surface area contributed by atoms with Crippen LogP contribution in [0.3, 0.4) is 0 Å². The summed E-state index contributed by atoms with van der Waals surface area (Å²) in [6.07, 6.45) is 4.13. The maximum Gasteiger partial charge on any atom is 0.257 e. The molecule has 8 heteroatoms. The highest BCUT2D eigenvalue weighted by Crippen LogP contribution is 2.22. The third-order valence-electron chi connectivity index (χ3n) is 5.80. The second-order valence-electron chi connectivity index (χ2n) is 7.83. The number of amides is 2. The molecular weight excluding hydrogens is 396 g/mol. The van der Waals surface area contributed by atoms with Crippen LogP contribution in [0.1, 0.15) is 27.1 Å². The Bertz CT molecular complexity index is 880. The van der Waals surface area contributed by atoms with Crippen LogP contribution in [0.15, 0.2) is 48.8 Å². The van der Waals surface area contributed by atoms with Gasteiger partial charge in [0.25, 0.3) is 11.8 Å². The molecule has 0 spiro atoms. The molecule has 2 aromatic rings. The third-order valence-corrected chi connectivity index (χ3v) is 5.80. The fourth-order valence-corrected chi connectivity index (χ4v) is 4.10. The summed E-state index contributed by atoms with van der Waals surface area (Å²) in [5.74, 6) is -0.0163. The van der Waals surface area contributed by atoms with Crippen molar-refractivity contribution in [2.24, 2.45) is 5.92 Å². The molecule has 31 heavy (non-hydrogen) atoms. The first kappa shape index (κ1) is 21.4. The molecule has 0 aliphatic carbocycles. The maximum absolute atomic E-state index is 12.8. The molecule has 2 N–H and O–H groups in total. The Hall–Kier alpha value is -2.81. The number of carbonyl (C=O) groups is 2. The highest BCUT2D eigenvalue weighted by Gasteiger charge is 2.31. The number of rotatable bonds is 7. The minimum atomic E-state index is -0.265. The Morgan fingerprint density at radius 1 is 1.06 bits per heavy atom. The van der Waals surface area contributed by atoms with Crippen molar-refractivity contribution in [1.29, 1.82) is 0 Å². The van der Waals surface area contributed by atoms with E-state index >= 15 is 0 Å². The predicted molar refractivity (Wildman–Crippen MR) is 116 cm³/mol. The minimum absolute atomic E-state index is 0.158. The number of benzene rings is 1. The number of ether oxygens (including phenoxy) is 2. The van der Waals surface area contributed by atoms with Crippen LogP contribution in [0.2, 0.25) is 0 Å². The number of aromatic nitrogens is 1. The van der Waals surface area contributed by atoms with E-state index in [0.29, 0.717) is 29.3 Å². The number of hydrogen-bond acceptors (Lipinski definition) is 6. The molecular formula is C23H28N4O4. The fourth-order valence-electron chi connectivity index (χ4n) is 4.10. The molecule has 2 aliphatic heterocycles. The van der Waals surface area contributed by atoms with E-state index in [1.807, 2.05) is 0 Å². The Balaban J connectivity index is 1.38. The van der Waals surface area contributed by atoms with Gasteiger partial charge in [0.2, 0.25) is 0 Å². The molecule has 0 bridgehead atoms. The van der Waals surface area contributed by atoms with Crippen LogP contribution in [-0.2, 0) is 9.47 Å². The normalized spacial score (nSPS) is 20.2. The van der Waals surface area contributed by atoms with Crippen LogP contribution in [0, 0.1) is 5.92 Å². The first-order valence-corrected chi connectivity index (χ1v) is 10.7. The van der Waals surface area contributed by atoms with Gasteiger partial charge in [-0.3, -0.25) is 19.5 Å². The summed E-state index contributed by atoms with van der Waals surface area (Å²) < 4.78 is 11.1. The number of anilines is 1. The molecule has 4 rings (SSSR count). The van der Waals surface area contributed by atoms with Crippen LogP contribution < -0.4 is 10.6 Å². The fraction of sp³-hybridized carbons (Fsp3) is 0.435. The van der Waals surface area contributed by atoms with Crippen molar-refractivity contribution in [1.82, 2.24) is 15.2 Å². The van der Waals surface area contributed by atoms with Crippen LogP contribution in [0.25, 0.3) is 0 Å². The van der Waals surface area contributed by atoms with Gasteiger partial charge in [-0.15, -0.1) is 0 Å². The van der Waals surface area contributed by atoms with E-state index in [2.05, 4.69) is 20.5 Å². The molecule has 3 heterocycles. The van der Waals surface area contributed by atoms with E-state index in [1.165, 1.54) is 6.20 Å². The monoisotopic (exact) mass is 424 g/mol. The van der Waals surface area contributed by atoms with Crippen molar-refractivity contribution >= 4 is 17.5 Å². The van der Waals surface area contributed by atoms with Gasteiger partial charge in [-0.05, 0) is 36.8 Å². The van der Waals surface area contributed by atoms with Gasteiger partial charge < -0.3 is 20.1 Å². The minimum Gasteiger partial charge on any atom is -0.381 e. The van der Waals surface area contributed by atoms with Crippen molar-refractivity contribution in [2.45, 2.75) is 12.5 Å². The van der Waals surface area contributed by atoms with E-state index in [9.17, 15) is 9.59 Å². The molecule has 2 fully saturated rings. The zero-order valence-electron chi connectivity index (χ0n) is 17.5. The van der Waals surface area contributed by atoms with Crippen LogP contribution in [0.5, 0.6) is 0 Å². The predicted octanol–water partition coefficient (Wildman–Crippen LogP) is 1.80. The van der Waals surface area contributed by atoms with E-state index in [0.717, 1.165) is 45.9 Å². The Labute approximate surface area is 181 Å². The number of pyridine rings is 1. The lowest BCUT2D eigenvalue weighted by Crippen LogP contribution is -2.52. The molecule has 2 unspecified atom stereocenters. The average Bonchev–Trinajstić information content (AvgIpc) is 3.35. The molecule has 0 radical (unpaired) electrons. The highest BCUT2D eigenvalue weighted by molar-refractivity contribution is 6.04. The standard InChI is InChI=1S/C23H28N4O4/c28-22(25-15-21(19-6-10-31-16-19)27-8-11-30-12-9-27)17-3-1-5-20(13-17)26-23(29)18-4-2-7-24-14-18/h1-5,7,13-14,19,21H,6,8-12,15-16H2,(H,25,28)(H,26,29). The lowest BCUT2D eigenvalue weighted by Gasteiger charge is -2.37. The van der Waals surface area contributed by atoms with E-state index in [-0.39, 0.29) is 17.9 Å². The molecule has 8 nitrogen and oxygen atoms in total. The molecule has 2 saturated heterocycles. The van der Waals surface area contributed by atoms with Crippen molar-refractivity contribution in [3.8, 4) is 0 Å². The van der Waals surface area contributed by atoms with Crippen molar-refractivity contribution in [3.63, 3.8) is 0 Å². The largest absolute Gasteiger partial charge is 0.381 e.